The van der Waals surface area contributed by atoms with Gasteiger partial charge < -0.3 is 19.3 Å². The number of nitrogens with zero attached hydrogens (tertiary/aromatic N) is 1. The summed E-state index contributed by atoms with van der Waals surface area (Å²) in [5.74, 6) is 0.315. The Labute approximate surface area is 169 Å². The molecule has 0 aliphatic carbocycles. The van der Waals surface area contributed by atoms with Crippen LogP contribution in [-0.2, 0) is 9.59 Å². The second-order valence-electron chi connectivity index (χ2n) is 6.01. The third-order valence-corrected chi connectivity index (χ3v) is 3.61. The molecular formula is C21H24N2O6. The standard InChI is InChI=1S/C21H24N2O6/c1-2-3-12-27-17-8-10-19(11-9-17)28-14-20(24)23-22-13-16-4-6-18(7-5-16)29-15-21(25)26/h4-11,13H,2-3,12,14-15H2,1H3,(H,23,24)(H,25,26)/b22-13+. The van der Waals surface area contributed by atoms with Crippen molar-refractivity contribution in [3.63, 3.8) is 0 Å². The van der Waals surface area contributed by atoms with Crippen molar-refractivity contribution in [3.8, 4) is 17.2 Å². The Kier molecular flexibility index (Phi) is 9.01. The molecule has 2 N–H and O–H groups in total. The fourth-order valence-corrected chi connectivity index (χ4v) is 2.12. The average molecular weight is 400 g/mol. The molecule has 0 saturated heterocycles. The third kappa shape index (κ3) is 8.79. The maximum Gasteiger partial charge on any atom is 0.341 e. The summed E-state index contributed by atoms with van der Waals surface area (Å²) in [5, 5.41) is 12.4. The van der Waals surface area contributed by atoms with E-state index >= 15 is 0 Å². The molecule has 2 aromatic rings. The van der Waals surface area contributed by atoms with Gasteiger partial charge in [-0.1, -0.05) is 13.3 Å². The number of ether oxygens (including phenoxy) is 3. The highest BCUT2D eigenvalue weighted by molar-refractivity contribution is 5.83. The zero-order chi connectivity index (χ0) is 20.9. The lowest BCUT2D eigenvalue weighted by atomic mass is 10.2. The van der Waals surface area contributed by atoms with Crippen molar-refractivity contribution in [1.29, 1.82) is 0 Å². The molecule has 0 aromatic heterocycles. The van der Waals surface area contributed by atoms with E-state index in [4.69, 9.17) is 19.3 Å². The predicted octanol–water partition coefficient (Wildman–Crippen LogP) is 2.86. The van der Waals surface area contributed by atoms with E-state index in [1.54, 1.807) is 48.5 Å². The van der Waals surface area contributed by atoms with Gasteiger partial charge in [0.05, 0.1) is 12.8 Å². The summed E-state index contributed by atoms with van der Waals surface area (Å²) in [6, 6.07) is 13.7. The van der Waals surface area contributed by atoms with Crippen LogP contribution in [0.15, 0.2) is 53.6 Å². The minimum atomic E-state index is -1.04. The lowest BCUT2D eigenvalue weighted by Crippen LogP contribution is -2.24. The van der Waals surface area contributed by atoms with E-state index in [0.717, 1.165) is 18.6 Å². The first kappa shape index (κ1) is 21.7. The first-order valence-electron chi connectivity index (χ1n) is 9.19. The van der Waals surface area contributed by atoms with Gasteiger partial charge in [-0.25, -0.2) is 10.2 Å². The van der Waals surface area contributed by atoms with Crippen molar-refractivity contribution in [3.05, 3.63) is 54.1 Å². The maximum atomic E-state index is 11.8. The minimum Gasteiger partial charge on any atom is -0.494 e. The van der Waals surface area contributed by atoms with Gasteiger partial charge in [0.25, 0.3) is 5.91 Å². The second-order valence-corrected chi connectivity index (χ2v) is 6.01. The van der Waals surface area contributed by atoms with E-state index in [1.165, 1.54) is 6.21 Å². The smallest absolute Gasteiger partial charge is 0.341 e. The first-order valence-corrected chi connectivity index (χ1v) is 9.19. The molecule has 0 heterocycles. The molecule has 1 amide bonds. The number of unbranched alkanes of at least 4 members (excludes halogenated alkanes) is 1. The number of hydrogen-bond acceptors (Lipinski definition) is 6. The molecule has 0 unspecified atom stereocenters. The molecule has 2 aromatic carbocycles. The number of amides is 1. The number of benzene rings is 2. The van der Waals surface area contributed by atoms with Crippen LogP contribution in [0.2, 0.25) is 0 Å². The number of rotatable bonds is 12. The fourth-order valence-electron chi connectivity index (χ4n) is 2.12. The first-order chi connectivity index (χ1) is 14.1. The number of carbonyl (C=O) groups excluding carboxylic acids is 1. The van der Waals surface area contributed by atoms with E-state index in [2.05, 4.69) is 17.5 Å². The molecule has 0 aliphatic heterocycles. The molecule has 0 spiro atoms. The lowest BCUT2D eigenvalue weighted by molar-refractivity contribution is -0.139. The summed E-state index contributed by atoms with van der Waals surface area (Å²) in [7, 11) is 0. The molecule has 0 fully saturated rings. The van der Waals surface area contributed by atoms with Gasteiger partial charge in [0.1, 0.15) is 17.2 Å². The number of aliphatic carboxylic acids is 1. The molecule has 2 rings (SSSR count). The van der Waals surface area contributed by atoms with Crippen molar-refractivity contribution in [2.45, 2.75) is 19.8 Å². The van der Waals surface area contributed by atoms with Gasteiger partial charge >= 0.3 is 5.97 Å². The molecule has 154 valence electrons. The van der Waals surface area contributed by atoms with Crippen molar-refractivity contribution >= 4 is 18.1 Å². The number of carboxylic acid groups (broad SMARTS) is 1. The number of hydrogen-bond donors (Lipinski definition) is 2. The monoisotopic (exact) mass is 400 g/mol. The van der Waals surface area contributed by atoms with Crippen LogP contribution in [0, 0.1) is 0 Å². The number of nitrogens with one attached hydrogen (secondary N) is 1. The van der Waals surface area contributed by atoms with E-state index in [9.17, 15) is 9.59 Å². The van der Waals surface area contributed by atoms with Gasteiger partial charge in [0.2, 0.25) is 0 Å². The fraction of sp³-hybridized carbons (Fsp3) is 0.286. The molecule has 0 aliphatic rings. The molecule has 0 radical (unpaired) electrons. The summed E-state index contributed by atoms with van der Waals surface area (Å²) >= 11 is 0. The van der Waals surface area contributed by atoms with E-state index in [1.807, 2.05) is 0 Å². The molecular weight excluding hydrogens is 376 g/mol. The Hall–Kier alpha value is -3.55. The topological polar surface area (TPSA) is 106 Å². The van der Waals surface area contributed by atoms with Crippen LogP contribution >= 0.6 is 0 Å². The second kappa shape index (κ2) is 12.0. The van der Waals surface area contributed by atoms with Gasteiger partial charge in [-0.3, -0.25) is 4.79 Å². The number of hydrazone groups is 1. The van der Waals surface area contributed by atoms with Crippen molar-refractivity contribution in [2.75, 3.05) is 19.8 Å². The quantitative estimate of drug-likeness (QED) is 0.322. The summed E-state index contributed by atoms with van der Waals surface area (Å²) in [6.07, 6.45) is 3.54. The van der Waals surface area contributed by atoms with Crippen LogP contribution in [0.25, 0.3) is 0 Å². The maximum absolute atomic E-state index is 11.8. The van der Waals surface area contributed by atoms with Crippen molar-refractivity contribution in [1.82, 2.24) is 5.43 Å². The van der Waals surface area contributed by atoms with Crippen molar-refractivity contribution in [2.24, 2.45) is 5.10 Å². The van der Waals surface area contributed by atoms with E-state index in [0.29, 0.717) is 23.7 Å². The van der Waals surface area contributed by atoms with Crippen LogP contribution in [0.5, 0.6) is 17.2 Å². The molecule has 8 heteroatoms. The van der Waals surface area contributed by atoms with E-state index in [-0.39, 0.29) is 6.61 Å². The molecule has 0 bridgehead atoms. The molecule has 8 nitrogen and oxygen atoms in total. The Morgan fingerprint density at radius 2 is 1.48 bits per heavy atom. The lowest BCUT2D eigenvalue weighted by Gasteiger charge is -2.08. The van der Waals surface area contributed by atoms with Gasteiger partial charge in [0, 0.05) is 0 Å². The Morgan fingerprint density at radius 3 is 2.07 bits per heavy atom. The van der Waals surface area contributed by atoms with Gasteiger partial charge in [-0.05, 0) is 60.5 Å². The highest BCUT2D eigenvalue weighted by atomic mass is 16.5. The Balaban J connectivity index is 1.70. The number of carbonyl (C=O) groups is 2. The average Bonchev–Trinajstić information content (AvgIpc) is 2.73. The van der Waals surface area contributed by atoms with Crippen LogP contribution in [0.1, 0.15) is 25.3 Å². The predicted molar refractivity (Wildman–Crippen MR) is 108 cm³/mol. The van der Waals surface area contributed by atoms with Gasteiger partial charge in [0.15, 0.2) is 13.2 Å². The third-order valence-electron chi connectivity index (χ3n) is 3.61. The molecule has 29 heavy (non-hydrogen) atoms. The highest BCUT2D eigenvalue weighted by Gasteiger charge is 2.02. The van der Waals surface area contributed by atoms with Crippen LogP contribution in [0.3, 0.4) is 0 Å². The van der Waals surface area contributed by atoms with Gasteiger partial charge in [-0.2, -0.15) is 5.10 Å². The SMILES string of the molecule is CCCCOc1ccc(OCC(=O)N/N=C/c2ccc(OCC(=O)O)cc2)cc1. The van der Waals surface area contributed by atoms with E-state index < -0.39 is 18.5 Å². The molecule has 0 atom stereocenters. The summed E-state index contributed by atoms with van der Waals surface area (Å²) in [4.78, 5) is 22.3. The Morgan fingerprint density at radius 1 is 0.931 bits per heavy atom. The highest BCUT2D eigenvalue weighted by Crippen LogP contribution is 2.17. The zero-order valence-corrected chi connectivity index (χ0v) is 16.2. The van der Waals surface area contributed by atoms with Gasteiger partial charge in [-0.15, -0.1) is 0 Å². The summed E-state index contributed by atoms with van der Waals surface area (Å²) in [6.45, 7) is 2.20. The van der Waals surface area contributed by atoms with Crippen molar-refractivity contribution < 1.29 is 28.9 Å². The van der Waals surface area contributed by atoms with Crippen LogP contribution in [-0.4, -0.2) is 43.0 Å². The largest absolute Gasteiger partial charge is 0.494 e. The zero-order valence-electron chi connectivity index (χ0n) is 16.2. The normalized spacial score (nSPS) is 10.5. The summed E-state index contributed by atoms with van der Waals surface area (Å²) in [5.41, 5.74) is 3.09. The minimum absolute atomic E-state index is 0.171. The summed E-state index contributed by atoms with van der Waals surface area (Å²) < 4.78 is 16.0. The van der Waals surface area contributed by atoms with Crippen LogP contribution in [0.4, 0.5) is 0 Å². The van der Waals surface area contributed by atoms with Crippen LogP contribution < -0.4 is 19.6 Å². The number of carboxylic acids is 1. The molecule has 0 saturated carbocycles. The Bertz CT molecular complexity index is 803.